The van der Waals surface area contributed by atoms with Crippen molar-refractivity contribution in [3.63, 3.8) is 0 Å². The van der Waals surface area contributed by atoms with E-state index in [0.717, 1.165) is 28.8 Å². The monoisotopic (exact) mass is 904 g/mol. The number of aliphatic hydroxyl groups excluding tert-OH is 1. The summed E-state index contributed by atoms with van der Waals surface area (Å²) in [4.78, 5) is 9.71. The van der Waals surface area contributed by atoms with Gasteiger partial charge in [0.2, 0.25) is 0 Å². The molecule has 0 amide bonds. The Bertz CT molecular complexity index is 2980. The average molecular weight is 905 g/mol. The summed E-state index contributed by atoms with van der Waals surface area (Å²) in [5.41, 5.74) is 3.99. The number of ether oxygens (including phenoxy) is 1. The number of nitro benzene ring substituents is 1. The third-order valence-electron chi connectivity index (χ3n) is 8.23. The first kappa shape index (κ1) is 47.1. The van der Waals surface area contributed by atoms with Crippen LogP contribution in [0, 0.1) is 10.1 Å². The van der Waals surface area contributed by atoms with Gasteiger partial charge in [-0.05, 0) is 70.6 Å². The van der Waals surface area contributed by atoms with Crippen LogP contribution in [0.2, 0.25) is 0 Å². The standard InChI is InChI=1S/C39H32N6O8S.2O3S/c1-53-37-22-35(43-41-30-13-8-25(9-14-30)7-10-27-11-16-32(45(48)49)21-38(27)54(50,51)52)29(24-46)20-36(37)44-42-34-18-12-28-19-31(15-17-33(28)39(34)47)40-23-26-5-3-2-4-6-26;2*1-4(2)3/h2-22,40,46-47H,23-24H2,1H3,(H,50,51,52);;. The zero-order chi connectivity index (χ0) is 45.4. The van der Waals surface area contributed by atoms with Crippen molar-refractivity contribution in [3.8, 4) is 11.5 Å². The molecule has 0 radical (unpaired) electrons. The summed E-state index contributed by atoms with van der Waals surface area (Å²) in [6, 6.07) is 32.1. The highest BCUT2D eigenvalue weighted by atomic mass is 32.2. The second kappa shape index (κ2) is 22.2. The number of anilines is 1. The van der Waals surface area contributed by atoms with Gasteiger partial charge in [-0.1, -0.05) is 60.7 Å². The summed E-state index contributed by atoms with van der Waals surface area (Å²) in [6.45, 7) is 0.273. The molecule has 0 aliphatic rings. The number of hydrogen-bond acceptors (Lipinski definition) is 18. The van der Waals surface area contributed by atoms with Crippen LogP contribution < -0.4 is 10.1 Å². The average Bonchev–Trinajstić information content (AvgIpc) is 3.23. The van der Waals surface area contributed by atoms with E-state index in [0.29, 0.717) is 45.9 Å². The third-order valence-corrected chi connectivity index (χ3v) is 9.14. The first-order valence-corrected chi connectivity index (χ1v) is 20.7. The largest absolute Gasteiger partial charge is 0.505 e. The summed E-state index contributed by atoms with van der Waals surface area (Å²) in [7, 11) is -9.49. The van der Waals surface area contributed by atoms with Gasteiger partial charge in [-0.2, -0.15) is 18.6 Å². The quantitative estimate of drug-likeness (QED) is 0.0282. The van der Waals surface area contributed by atoms with Crippen molar-refractivity contribution in [3.05, 3.63) is 148 Å². The Hall–Kier alpha value is -7.57. The van der Waals surface area contributed by atoms with Gasteiger partial charge in [-0.3, -0.25) is 14.7 Å². The number of rotatable bonds is 13. The molecule has 62 heavy (non-hydrogen) atoms. The minimum Gasteiger partial charge on any atom is -0.505 e. The molecule has 6 aromatic rings. The Balaban J connectivity index is 0.000000972. The van der Waals surface area contributed by atoms with E-state index in [1.165, 1.54) is 19.3 Å². The SMILES string of the molecule is COc1cc(N=Nc2ccc(C=Cc3ccc([N+](=O)[O-])cc3S(=O)(=O)O)cc2)c(CO)cc1N=Nc1ccc2cc(NCc3ccccc3)ccc2c1O.O=S(=O)=O.O=S(=O)=O. The molecular formula is C39H32N6O14S3. The Morgan fingerprint density at radius 2 is 1.40 bits per heavy atom. The van der Waals surface area contributed by atoms with Crippen LogP contribution in [0.1, 0.15) is 22.3 Å². The second-order valence-corrected chi connectivity index (χ2v) is 14.4. The van der Waals surface area contributed by atoms with Crippen molar-refractivity contribution in [2.45, 2.75) is 18.0 Å². The Kier molecular flexibility index (Phi) is 16.8. The van der Waals surface area contributed by atoms with Crippen molar-refractivity contribution >= 4 is 88.4 Å². The molecule has 23 heteroatoms. The van der Waals surface area contributed by atoms with Gasteiger partial charge in [0.15, 0.2) is 5.75 Å². The molecule has 0 atom stereocenters. The molecule has 0 bridgehead atoms. The molecule has 0 heterocycles. The summed E-state index contributed by atoms with van der Waals surface area (Å²) < 4.78 is 89.4. The lowest BCUT2D eigenvalue weighted by Gasteiger charge is -2.10. The molecule has 4 N–H and O–H groups in total. The van der Waals surface area contributed by atoms with Crippen molar-refractivity contribution in [1.82, 2.24) is 0 Å². The molecule has 20 nitrogen and oxygen atoms in total. The number of benzene rings is 6. The normalized spacial score (nSPS) is 11.1. The van der Waals surface area contributed by atoms with Crippen LogP contribution in [0.4, 0.5) is 34.1 Å². The van der Waals surface area contributed by atoms with Gasteiger partial charge in [0, 0.05) is 41.4 Å². The second-order valence-electron chi connectivity index (χ2n) is 12.2. The molecule has 0 saturated carbocycles. The van der Waals surface area contributed by atoms with Crippen LogP contribution in [-0.4, -0.2) is 60.5 Å². The molecule has 6 rings (SSSR count). The van der Waals surface area contributed by atoms with E-state index >= 15 is 0 Å². The number of methoxy groups -OCH3 is 1. The number of phenolic OH excluding ortho intramolecular Hbond substituents is 1. The number of phenols is 1. The zero-order valence-electron chi connectivity index (χ0n) is 31.8. The molecule has 0 unspecified atom stereocenters. The number of aliphatic hydroxyl groups is 1. The maximum atomic E-state index is 11.8. The number of nitrogens with one attached hydrogen (secondary N) is 1. The Morgan fingerprint density at radius 3 is 2.02 bits per heavy atom. The lowest BCUT2D eigenvalue weighted by Crippen LogP contribution is -2.02. The highest BCUT2D eigenvalue weighted by Crippen LogP contribution is 2.40. The van der Waals surface area contributed by atoms with E-state index < -0.39 is 46.8 Å². The van der Waals surface area contributed by atoms with E-state index in [4.69, 9.17) is 30.0 Å². The first-order chi connectivity index (χ1) is 29.5. The smallest absolute Gasteiger partial charge is 0.425 e. The Labute approximate surface area is 355 Å². The summed E-state index contributed by atoms with van der Waals surface area (Å²) in [5, 5.41) is 54.1. The number of nitrogens with zero attached hydrogens (tertiary/aromatic N) is 5. The molecule has 0 saturated heterocycles. The van der Waals surface area contributed by atoms with E-state index in [1.54, 1.807) is 48.5 Å². The summed E-state index contributed by atoms with van der Waals surface area (Å²) in [6.07, 6.45) is 2.97. The van der Waals surface area contributed by atoms with Gasteiger partial charge < -0.3 is 20.3 Å². The van der Waals surface area contributed by atoms with Gasteiger partial charge in [0.1, 0.15) is 22.0 Å². The third kappa shape index (κ3) is 14.0. The lowest BCUT2D eigenvalue weighted by atomic mass is 10.1. The molecule has 0 fully saturated rings. The zero-order valence-corrected chi connectivity index (χ0v) is 34.3. The number of azo groups is 2. The van der Waals surface area contributed by atoms with Crippen molar-refractivity contribution < 1.29 is 58.1 Å². The van der Waals surface area contributed by atoms with Gasteiger partial charge in [-0.15, -0.1) is 35.5 Å². The number of nitro groups is 1. The van der Waals surface area contributed by atoms with Crippen molar-refractivity contribution in [1.29, 1.82) is 0 Å². The molecule has 0 aliphatic carbocycles. The molecule has 0 aromatic heterocycles. The van der Waals surface area contributed by atoms with E-state index in [9.17, 15) is 33.3 Å². The van der Waals surface area contributed by atoms with Crippen LogP contribution in [-0.2, 0) is 44.5 Å². The predicted molar refractivity (Wildman–Crippen MR) is 224 cm³/mol. The van der Waals surface area contributed by atoms with Crippen LogP contribution in [0.3, 0.4) is 0 Å². The number of aromatic hydroxyl groups is 1. The maximum Gasteiger partial charge on any atom is 0.425 e. The predicted octanol–water partition coefficient (Wildman–Crippen LogP) is 7.81. The summed E-state index contributed by atoms with van der Waals surface area (Å²) in [5.74, 6) is 0.267. The first-order valence-electron chi connectivity index (χ1n) is 17.3. The lowest BCUT2D eigenvalue weighted by molar-refractivity contribution is -0.385. The van der Waals surface area contributed by atoms with E-state index in [-0.39, 0.29) is 23.6 Å². The molecule has 0 spiro atoms. The van der Waals surface area contributed by atoms with Crippen LogP contribution in [0.25, 0.3) is 22.9 Å². The minimum atomic E-state index is -4.72. The Morgan fingerprint density at radius 1 is 0.758 bits per heavy atom. The van der Waals surface area contributed by atoms with Gasteiger partial charge in [0.05, 0.1) is 30.0 Å². The highest BCUT2D eigenvalue weighted by molar-refractivity contribution is 7.86. The highest BCUT2D eigenvalue weighted by Gasteiger charge is 2.19. The molecule has 6 aromatic carbocycles. The topological polar surface area (TPSA) is 311 Å². The number of non-ortho nitro benzene ring substituents is 1. The molecule has 0 aliphatic heterocycles. The van der Waals surface area contributed by atoms with Crippen LogP contribution >= 0.6 is 0 Å². The van der Waals surface area contributed by atoms with Crippen LogP contribution in [0.15, 0.2) is 141 Å². The van der Waals surface area contributed by atoms with Crippen LogP contribution in [0.5, 0.6) is 11.5 Å². The number of hydrogen-bond donors (Lipinski definition) is 4. The van der Waals surface area contributed by atoms with E-state index in [1.807, 2.05) is 54.6 Å². The van der Waals surface area contributed by atoms with E-state index in [2.05, 4.69) is 25.8 Å². The number of fused-ring (bicyclic) bond motifs is 1. The summed E-state index contributed by atoms with van der Waals surface area (Å²) >= 11 is 0. The molecule has 320 valence electrons. The van der Waals surface area contributed by atoms with Crippen molar-refractivity contribution in [2.24, 2.45) is 20.5 Å². The maximum absolute atomic E-state index is 11.8. The fourth-order valence-electron chi connectivity index (χ4n) is 5.41. The fourth-order valence-corrected chi connectivity index (χ4v) is 6.11. The fraction of sp³-hybridized carbons (Fsp3) is 0.0769. The van der Waals surface area contributed by atoms with Gasteiger partial charge in [-0.25, -0.2) is 0 Å². The molecular weight excluding hydrogens is 873 g/mol. The van der Waals surface area contributed by atoms with Crippen molar-refractivity contribution in [2.75, 3.05) is 12.4 Å². The van der Waals surface area contributed by atoms with Gasteiger partial charge in [0.25, 0.3) is 15.8 Å². The minimum absolute atomic E-state index is 0.0339. The van der Waals surface area contributed by atoms with Gasteiger partial charge >= 0.3 is 21.2 Å².